The molecule has 0 aliphatic carbocycles. The first-order chi connectivity index (χ1) is 10.2. The number of amides is 1. The van der Waals surface area contributed by atoms with Gasteiger partial charge in [-0.1, -0.05) is 0 Å². The van der Waals surface area contributed by atoms with Crippen molar-refractivity contribution < 1.29 is 4.79 Å². The van der Waals surface area contributed by atoms with E-state index in [2.05, 4.69) is 15.5 Å². The van der Waals surface area contributed by atoms with Crippen LogP contribution in [0, 0.1) is 0 Å². The maximum absolute atomic E-state index is 12.7. The minimum Gasteiger partial charge on any atom is -0.339 e. The Kier molecular flexibility index (Phi) is 2.92. The smallest absolute Gasteiger partial charge is 0.255 e. The van der Waals surface area contributed by atoms with Crippen LogP contribution < -0.4 is 5.32 Å². The van der Waals surface area contributed by atoms with Gasteiger partial charge in [0.2, 0.25) is 0 Å². The highest BCUT2D eigenvalue weighted by Gasteiger charge is 2.36. The first-order valence-electron chi connectivity index (χ1n) is 7.53. The molecule has 2 aliphatic heterocycles. The topological polar surface area (TPSA) is 62.5 Å². The summed E-state index contributed by atoms with van der Waals surface area (Å²) in [4.78, 5) is 14.6. The average molecular weight is 285 g/mol. The summed E-state index contributed by atoms with van der Waals surface area (Å²) in [5, 5.41) is 11.4. The van der Waals surface area contributed by atoms with Crippen molar-refractivity contribution in [3.8, 4) is 0 Å². The van der Waals surface area contributed by atoms with E-state index in [1.807, 2.05) is 30.3 Å². The van der Waals surface area contributed by atoms with Crippen LogP contribution in [0.25, 0.3) is 5.65 Å². The van der Waals surface area contributed by atoms with Crippen molar-refractivity contribution in [1.29, 1.82) is 0 Å². The van der Waals surface area contributed by atoms with Crippen molar-refractivity contribution in [2.45, 2.75) is 43.8 Å². The van der Waals surface area contributed by atoms with Gasteiger partial charge < -0.3 is 10.2 Å². The van der Waals surface area contributed by atoms with Crippen molar-refractivity contribution in [3.63, 3.8) is 0 Å². The lowest BCUT2D eigenvalue weighted by Gasteiger charge is -2.35. The Morgan fingerprint density at radius 3 is 2.86 bits per heavy atom. The quantitative estimate of drug-likeness (QED) is 0.897. The average Bonchev–Trinajstić information content (AvgIpc) is 3.11. The van der Waals surface area contributed by atoms with Gasteiger partial charge in [-0.3, -0.25) is 9.20 Å². The Hall–Kier alpha value is -1.95. The van der Waals surface area contributed by atoms with E-state index >= 15 is 0 Å². The van der Waals surface area contributed by atoms with E-state index in [4.69, 9.17) is 0 Å². The Labute approximate surface area is 123 Å². The number of piperidine rings is 1. The molecule has 2 bridgehead atoms. The number of nitrogens with one attached hydrogen (secondary N) is 1. The van der Waals surface area contributed by atoms with Gasteiger partial charge in [0.05, 0.1) is 5.56 Å². The van der Waals surface area contributed by atoms with Crippen LogP contribution in [0.1, 0.15) is 36.0 Å². The molecule has 6 heteroatoms. The molecule has 0 spiro atoms. The van der Waals surface area contributed by atoms with Crippen LogP contribution in [0.5, 0.6) is 0 Å². The number of aromatic nitrogens is 3. The lowest BCUT2D eigenvalue weighted by Crippen LogP contribution is -2.48. The maximum Gasteiger partial charge on any atom is 0.255 e. The maximum atomic E-state index is 12.7. The number of pyridine rings is 1. The number of carbonyl (C=O) groups excluding carboxylic acids is 1. The molecular formula is C15H19N5O. The zero-order valence-electron chi connectivity index (χ0n) is 12.1. The van der Waals surface area contributed by atoms with Gasteiger partial charge in [-0.05, 0) is 37.8 Å². The van der Waals surface area contributed by atoms with Crippen molar-refractivity contribution in [3.05, 3.63) is 30.2 Å². The number of fused-ring (bicyclic) bond motifs is 3. The first-order valence-corrected chi connectivity index (χ1v) is 7.53. The normalized spacial score (nSPS) is 28.0. The summed E-state index contributed by atoms with van der Waals surface area (Å²) in [6, 6.07) is 5.18. The van der Waals surface area contributed by atoms with Crippen molar-refractivity contribution >= 4 is 11.6 Å². The Morgan fingerprint density at radius 2 is 2.10 bits per heavy atom. The molecular weight excluding hydrogens is 266 g/mol. The van der Waals surface area contributed by atoms with Crippen molar-refractivity contribution in [2.24, 2.45) is 0 Å². The minimum atomic E-state index is 0.0805. The Balaban J connectivity index is 1.55. The molecule has 2 aromatic heterocycles. The molecule has 2 aliphatic rings. The molecule has 2 unspecified atom stereocenters. The molecule has 0 aromatic carbocycles. The summed E-state index contributed by atoms with van der Waals surface area (Å²) in [5.41, 5.74) is 1.45. The third kappa shape index (κ3) is 2.19. The van der Waals surface area contributed by atoms with Crippen molar-refractivity contribution in [1.82, 2.24) is 24.8 Å². The van der Waals surface area contributed by atoms with Crippen molar-refractivity contribution in [2.75, 3.05) is 7.05 Å². The van der Waals surface area contributed by atoms with E-state index in [0.717, 1.165) is 18.5 Å². The van der Waals surface area contributed by atoms with E-state index in [0.29, 0.717) is 23.7 Å². The van der Waals surface area contributed by atoms with Crippen LogP contribution in [0.4, 0.5) is 0 Å². The molecule has 2 atom stereocenters. The lowest BCUT2D eigenvalue weighted by molar-refractivity contribution is 0.0681. The molecule has 1 amide bonds. The molecule has 0 saturated carbocycles. The second-order valence-corrected chi connectivity index (χ2v) is 6.19. The van der Waals surface area contributed by atoms with E-state index in [-0.39, 0.29) is 5.91 Å². The third-order valence-corrected chi connectivity index (χ3v) is 4.85. The van der Waals surface area contributed by atoms with Gasteiger partial charge in [-0.25, -0.2) is 0 Å². The molecule has 4 heterocycles. The van der Waals surface area contributed by atoms with E-state index in [1.165, 1.54) is 12.8 Å². The lowest BCUT2D eigenvalue weighted by atomic mass is 9.98. The highest BCUT2D eigenvalue weighted by atomic mass is 16.2. The monoisotopic (exact) mass is 285 g/mol. The van der Waals surface area contributed by atoms with E-state index < -0.39 is 0 Å². The Morgan fingerprint density at radius 1 is 1.33 bits per heavy atom. The number of nitrogens with zero attached hydrogens (tertiary/aromatic N) is 4. The summed E-state index contributed by atoms with van der Waals surface area (Å²) < 4.78 is 1.78. The summed E-state index contributed by atoms with van der Waals surface area (Å²) >= 11 is 0. The first kappa shape index (κ1) is 12.8. The van der Waals surface area contributed by atoms with Crippen LogP contribution in [0.15, 0.2) is 24.7 Å². The van der Waals surface area contributed by atoms with E-state index in [9.17, 15) is 4.79 Å². The fourth-order valence-electron chi connectivity index (χ4n) is 3.67. The highest BCUT2D eigenvalue weighted by molar-refractivity contribution is 5.94. The SMILES string of the molecule is CN(C(=O)c1ccc2nncn2c1)C1CC2CCC(C1)N2. The van der Waals surface area contributed by atoms with Crippen LogP contribution >= 0.6 is 0 Å². The van der Waals surface area contributed by atoms with Gasteiger partial charge >= 0.3 is 0 Å². The summed E-state index contributed by atoms with van der Waals surface area (Å²) in [6.45, 7) is 0. The van der Waals surface area contributed by atoms with Gasteiger partial charge in [0.25, 0.3) is 5.91 Å². The number of hydrogen-bond acceptors (Lipinski definition) is 4. The molecule has 6 nitrogen and oxygen atoms in total. The van der Waals surface area contributed by atoms with Crippen LogP contribution in [-0.4, -0.2) is 50.6 Å². The zero-order chi connectivity index (χ0) is 14.4. The fourth-order valence-corrected chi connectivity index (χ4v) is 3.67. The van der Waals surface area contributed by atoms with Crippen LogP contribution in [0.3, 0.4) is 0 Å². The predicted molar refractivity (Wildman–Crippen MR) is 78.0 cm³/mol. The molecule has 2 fully saturated rings. The fraction of sp³-hybridized carbons (Fsp3) is 0.533. The standard InChI is InChI=1S/C15H19N5O/c1-19(13-6-11-3-4-12(7-13)17-11)15(21)10-2-5-14-18-16-9-20(14)8-10/h2,5,8-9,11-13,17H,3-4,6-7H2,1H3. The molecule has 1 N–H and O–H groups in total. The second kappa shape index (κ2) is 4.80. The molecule has 0 radical (unpaired) electrons. The van der Waals surface area contributed by atoms with Gasteiger partial charge in [0.1, 0.15) is 6.33 Å². The number of carbonyl (C=O) groups is 1. The molecule has 4 rings (SSSR count). The zero-order valence-corrected chi connectivity index (χ0v) is 12.1. The second-order valence-electron chi connectivity index (χ2n) is 6.19. The number of hydrogen-bond donors (Lipinski definition) is 1. The van der Waals surface area contributed by atoms with Gasteiger partial charge in [0.15, 0.2) is 5.65 Å². The highest BCUT2D eigenvalue weighted by Crippen LogP contribution is 2.29. The summed E-state index contributed by atoms with van der Waals surface area (Å²) in [6.07, 6.45) is 8.05. The number of rotatable bonds is 2. The predicted octanol–water partition coefficient (Wildman–Crippen LogP) is 1.08. The van der Waals surface area contributed by atoms with Gasteiger partial charge in [0, 0.05) is 31.4 Å². The van der Waals surface area contributed by atoms with Crippen LogP contribution in [0.2, 0.25) is 0 Å². The third-order valence-electron chi connectivity index (χ3n) is 4.85. The largest absolute Gasteiger partial charge is 0.339 e. The molecule has 21 heavy (non-hydrogen) atoms. The molecule has 110 valence electrons. The van der Waals surface area contributed by atoms with Gasteiger partial charge in [-0.2, -0.15) is 0 Å². The summed E-state index contributed by atoms with van der Waals surface area (Å²) in [7, 11) is 1.92. The summed E-state index contributed by atoms with van der Waals surface area (Å²) in [5.74, 6) is 0.0805. The minimum absolute atomic E-state index is 0.0805. The van der Waals surface area contributed by atoms with E-state index in [1.54, 1.807) is 10.7 Å². The Bertz CT molecular complexity index is 670. The molecule has 2 saturated heterocycles. The van der Waals surface area contributed by atoms with Gasteiger partial charge in [-0.15, -0.1) is 10.2 Å². The van der Waals surface area contributed by atoms with Crippen LogP contribution in [-0.2, 0) is 0 Å². The molecule has 2 aromatic rings.